The van der Waals surface area contributed by atoms with Gasteiger partial charge >= 0.3 is 0 Å². The second-order valence-electron chi connectivity index (χ2n) is 8.05. The van der Waals surface area contributed by atoms with Gasteiger partial charge in [-0.15, -0.1) is 0 Å². The molecule has 2 atom stereocenters. The SMILES string of the molecule is CC=C(CC)CC(C(=N)/C(CC=CCC)=C(\C)CC)C(CC)CC(C)=CCC. The molecular weight excluding hydrogens is 338 g/mol. The van der Waals surface area contributed by atoms with Gasteiger partial charge in [0.1, 0.15) is 0 Å². The molecule has 0 aliphatic heterocycles. The monoisotopic (exact) mass is 385 g/mol. The summed E-state index contributed by atoms with van der Waals surface area (Å²) < 4.78 is 0. The highest BCUT2D eigenvalue weighted by molar-refractivity contribution is 6.00. The number of hydrogen-bond donors (Lipinski definition) is 1. The molecule has 0 bridgehead atoms. The molecule has 2 unspecified atom stereocenters. The topological polar surface area (TPSA) is 23.9 Å². The molecule has 0 saturated heterocycles. The molecule has 0 radical (unpaired) electrons. The Hall–Kier alpha value is -1.37. The molecule has 0 aliphatic rings. The van der Waals surface area contributed by atoms with Crippen LogP contribution in [0.3, 0.4) is 0 Å². The van der Waals surface area contributed by atoms with E-state index in [0.717, 1.165) is 57.1 Å². The van der Waals surface area contributed by atoms with Crippen LogP contribution in [-0.2, 0) is 0 Å². The molecule has 1 heteroatoms. The molecule has 0 amide bonds. The second-order valence-corrected chi connectivity index (χ2v) is 8.05. The Morgan fingerprint density at radius 1 is 0.893 bits per heavy atom. The maximum atomic E-state index is 9.26. The summed E-state index contributed by atoms with van der Waals surface area (Å²) in [6.07, 6.45) is 17.6. The standard InChI is InChI=1S/C27H47N/c1-9-15-16-18-25(22(8)11-3)27(28)26(20-23(12-4)13-5)24(14-6)19-21(7)17-10-2/h12,15-17,24,26,28H,9-11,13-14,18-20H2,1-8H3/b16-15?,21-17?,23-12?,25-22+,28-27?. The molecule has 0 aromatic heterocycles. The largest absolute Gasteiger partial charge is 0.305 e. The maximum absolute atomic E-state index is 9.26. The van der Waals surface area contributed by atoms with Crippen LogP contribution in [0.15, 0.2) is 46.6 Å². The fourth-order valence-electron chi connectivity index (χ4n) is 3.99. The van der Waals surface area contributed by atoms with E-state index < -0.39 is 0 Å². The van der Waals surface area contributed by atoms with Crippen molar-refractivity contribution in [3.8, 4) is 0 Å². The lowest BCUT2D eigenvalue weighted by molar-refractivity contribution is 0.393. The lowest BCUT2D eigenvalue weighted by Gasteiger charge is -2.30. The summed E-state index contributed by atoms with van der Waals surface area (Å²) >= 11 is 0. The highest BCUT2D eigenvalue weighted by atomic mass is 14.5. The van der Waals surface area contributed by atoms with Crippen molar-refractivity contribution in [2.75, 3.05) is 0 Å². The van der Waals surface area contributed by atoms with Crippen molar-refractivity contribution in [3.63, 3.8) is 0 Å². The van der Waals surface area contributed by atoms with E-state index in [1.54, 1.807) is 0 Å². The molecule has 0 aliphatic carbocycles. The van der Waals surface area contributed by atoms with Gasteiger partial charge in [0.25, 0.3) is 0 Å². The average molecular weight is 386 g/mol. The fraction of sp³-hybridized carbons (Fsp3) is 0.667. The van der Waals surface area contributed by atoms with Crippen LogP contribution in [0.4, 0.5) is 0 Å². The highest BCUT2D eigenvalue weighted by Crippen LogP contribution is 2.34. The Bertz CT molecular complexity index is 571. The maximum Gasteiger partial charge on any atom is 0.0385 e. The van der Waals surface area contributed by atoms with Gasteiger partial charge in [-0.1, -0.05) is 82.1 Å². The van der Waals surface area contributed by atoms with Gasteiger partial charge in [-0.3, -0.25) is 0 Å². The summed E-state index contributed by atoms with van der Waals surface area (Å²) in [5.41, 5.74) is 6.52. The predicted octanol–water partition coefficient (Wildman–Crippen LogP) is 9.22. The molecule has 0 spiro atoms. The minimum atomic E-state index is 0.308. The van der Waals surface area contributed by atoms with Crippen LogP contribution in [0.2, 0.25) is 0 Å². The van der Waals surface area contributed by atoms with Crippen molar-refractivity contribution >= 4 is 5.71 Å². The molecule has 0 aromatic rings. The summed E-state index contributed by atoms with van der Waals surface area (Å²) in [5.74, 6) is 0.842. The van der Waals surface area contributed by atoms with E-state index in [9.17, 15) is 5.41 Å². The van der Waals surface area contributed by atoms with Crippen LogP contribution in [0.5, 0.6) is 0 Å². The van der Waals surface area contributed by atoms with Gasteiger partial charge in [0.05, 0.1) is 0 Å². The van der Waals surface area contributed by atoms with Crippen molar-refractivity contribution in [1.82, 2.24) is 0 Å². The first-order valence-electron chi connectivity index (χ1n) is 11.6. The Balaban J connectivity index is 5.99. The zero-order valence-electron chi connectivity index (χ0n) is 20.1. The van der Waals surface area contributed by atoms with Gasteiger partial charge in [-0.05, 0) is 77.2 Å². The third-order valence-corrected chi connectivity index (χ3v) is 6.04. The van der Waals surface area contributed by atoms with Crippen LogP contribution in [0.25, 0.3) is 0 Å². The molecule has 28 heavy (non-hydrogen) atoms. The van der Waals surface area contributed by atoms with Crippen molar-refractivity contribution in [1.29, 1.82) is 5.41 Å². The first kappa shape index (κ1) is 26.6. The van der Waals surface area contributed by atoms with E-state index in [1.165, 1.54) is 22.3 Å². The summed E-state index contributed by atoms with van der Waals surface area (Å²) in [7, 11) is 0. The minimum absolute atomic E-state index is 0.308. The van der Waals surface area contributed by atoms with Gasteiger partial charge in [0, 0.05) is 11.6 Å². The van der Waals surface area contributed by atoms with E-state index in [2.05, 4.69) is 79.7 Å². The Kier molecular flexibility index (Phi) is 14.8. The van der Waals surface area contributed by atoms with Crippen molar-refractivity contribution in [2.45, 2.75) is 107 Å². The Morgan fingerprint density at radius 2 is 1.57 bits per heavy atom. The van der Waals surface area contributed by atoms with E-state index in [-0.39, 0.29) is 0 Å². The van der Waals surface area contributed by atoms with E-state index in [4.69, 9.17) is 0 Å². The quantitative estimate of drug-likeness (QED) is 0.227. The van der Waals surface area contributed by atoms with Crippen molar-refractivity contribution in [3.05, 3.63) is 46.6 Å². The summed E-state index contributed by atoms with van der Waals surface area (Å²) in [4.78, 5) is 0. The Morgan fingerprint density at radius 3 is 2.04 bits per heavy atom. The van der Waals surface area contributed by atoms with Gasteiger partial charge < -0.3 is 5.41 Å². The molecule has 0 aromatic carbocycles. The van der Waals surface area contributed by atoms with E-state index in [1.807, 2.05) is 0 Å². The van der Waals surface area contributed by atoms with Crippen LogP contribution in [-0.4, -0.2) is 5.71 Å². The lowest BCUT2D eigenvalue weighted by atomic mass is 9.75. The molecule has 0 saturated carbocycles. The summed E-state index contributed by atoms with van der Waals surface area (Å²) in [6, 6.07) is 0. The van der Waals surface area contributed by atoms with Gasteiger partial charge in [0.2, 0.25) is 0 Å². The third-order valence-electron chi connectivity index (χ3n) is 6.04. The predicted molar refractivity (Wildman–Crippen MR) is 129 cm³/mol. The summed E-state index contributed by atoms with van der Waals surface area (Å²) in [5, 5.41) is 9.26. The molecule has 1 N–H and O–H groups in total. The van der Waals surface area contributed by atoms with Gasteiger partial charge in [0.15, 0.2) is 0 Å². The molecule has 0 heterocycles. The first-order chi connectivity index (χ1) is 13.4. The van der Waals surface area contributed by atoms with Crippen molar-refractivity contribution < 1.29 is 0 Å². The van der Waals surface area contributed by atoms with Crippen LogP contribution >= 0.6 is 0 Å². The van der Waals surface area contributed by atoms with E-state index in [0.29, 0.717) is 11.8 Å². The molecule has 1 nitrogen and oxygen atoms in total. The zero-order valence-corrected chi connectivity index (χ0v) is 20.1. The van der Waals surface area contributed by atoms with Crippen molar-refractivity contribution in [2.24, 2.45) is 11.8 Å². The average Bonchev–Trinajstić information content (AvgIpc) is 2.70. The molecule has 160 valence electrons. The van der Waals surface area contributed by atoms with Crippen LogP contribution in [0.1, 0.15) is 107 Å². The number of allylic oxidation sites excluding steroid dienone is 8. The number of rotatable bonds is 14. The fourth-order valence-corrected chi connectivity index (χ4v) is 3.99. The Labute approximate surface area is 176 Å². The normalized spacial score (nSPS) is 16.3. The second kappa shape index (κ2) is 15.5. The van der Waals surface area contributed by atoms with Gasteiger partial charge in [-0.2, -0.15) is 0 Å². The van der Waals surface area contributed by atoms with Crippen LogP contribution < -0.4 is 0 Å². The zero-order chi connectivity index (χ0) is 21.5. The smallest absolute Gasteiger partial charge is 0.0385 e. The number of hydrogen-bond acceptors (Lipinski definition) is 1. The molecular formula is C27H47N. The van der Waals surface area contributed by atoms with Crippen LogP contribution in [0, 0.1) is 17.2 Å². The highest BCUT2D eigenvalue weighted by Gasteiger charge is 2.27. The van der Waals surface area contributed by atoms with Gasteiger partial charge in [-0.25, -0.2) is 0 Å². The molecule has 0 rings (SSSR count). The summed E-state index contributed by atoms with van der Waals surface area (Å²) in [6.45, 7) is 17.8. The third kappa shape index (κ3) is 9.22. The lowest BCUT2D eigenvalue weighted by Crippen LogP contribution is -2.26. The molecule has 0 fully saturated rings. The first-order valence-corrected chi connectivity index (χ1v) is 11.6. The minimum Gasteiger partial charge on any atom is -0.305 e. The van der Waals surface area contributed by atoms with E-state index >= 15 is 0 Å². The number of nitrogens with one attached hydrogen (secondary N) is 1.